The van der Waals surface area contributed by atoms with Gasteiger partial charge in [-0.05, 0) is 6.42 Å². The molecule has 2 N–H and O–H groups in total. The highest BCUT2D eigenvalue weighted by atomic mass is 16.5. The Morgan fingerprint density at radius 2 is 2.15 bits per heavy atom. The highest BCUT2D eigenvalue weighted by Crippen LogP contribution is 2.27. The molecule has 108 valence electrons. The van der Waals surface area contributed by atoms with Gasteiger partial charge < -0.3 is 19.9 Å². The molecule has 0 aliphatic heterocycles. The molecule has 0 fully saturated rings. The van der Waals surface area contributed by atoms with E-state index in [9.17, 15) is 0 Å². The number of nitrogens with zero attached hydrogens (tertiary/aromatic N) is 5. The third kappa shape index (κ3) is 2.98. The van der Waals surface area contributed by atoms with Crippen molar-refractivity contribution in [3.63, 3.8) is 0 Å². The van der Waals surface area contributed by atoms with Crippen LogP contribution in [-0.4, -0.2) is 33.2 Å². The molecular weight excluding hydrogens is 256 g/mol. The van der Waals surface area contributed by atoms with Crippen LogP contribution < -0.4 is 15.4 Å². The molecule has 0 atom stereocenters. The number of aryl methyl sites for hydroxylation is 1. The number of aromatic nitrogens is 4. The van der Waals surface area contributed by atoms with Gasteiger partial charge in [0.1, 0.15) is 17.8 Å². The van der Waals surface area contributed by atoms with E-state index >= 15 is 0 Å². The largest absolute Gasteiger partial charge is 0.476 e. The molecule has 20 heavy (non-hydrogen) atoms. The fourth-order valence-electron chi connectivity index (χ4n) is 1.82. The van der Waals surface area contributed by atoms with E-state index in [1.165, 1.54) is 6.33 Å². The summed E-state index contributed by atoms with van der Waals surface area (Å²) in [4.78, 5) is 14.5. The van der Waals surface area contributed by atoms with Crippen LogP contribution in [0.15, 0.2) is 18.7 Å². The van der Waals surface area contributed by atoms with Crippen LogP contribution >= 0.6 is 0 Å². The number of anilines is 2. The minimum atomic E-state index is 0.434. The molecule has 0 aliphatic carbocycles. The summed E-state index contributed by atoms with van der Waals surface area (Å²) in [6.45, 7) is 3.23. The minimum Gasteiger partial charge on any atom is -0.476 e. The summed E-state index contributed by atoms with van der Waals surface area (Å²) in [7, 11) is 3.87. The van der Waals surface area contributed by atoms with Crippen LogP contribution in [0.5, 0.6) is 5.88 Å². The molecule has 2 aromatic rings. The average molecular weight is 276 g/mol. The topological polar surface area (TPSA) is 82.1 Å². The summed E-state index contributed by atoms with van der Waals surface area (Å²) in [5.74, 6) is 2.01. The maximum atomic E-state index is 6.07. The lowest BCUT2D eigenvalue weighted by atomic mass is 10.4. The van der Waals surface area contributed by atoms with Crippen molar-refractivity contribution in [1.29, 1.82) is 0 Å². The molecule has 0 spiro atoms. The molecule has 7 nitrogen and oxygen atoms in total. The molecule has 0 amide bonds. The van der Waals surface area contributed by atoms with Crippen LogP contribution in [0.4, 0.5) is 11.5 Å². The number of imidazole rings is 1. The quantitative estimate of drug-likeness (QED) is 0.854. The SMILES string of the molecule is CCCOc1ncnc(N(C)Cc2nccn2C)c1N. The van der Waals surface area contributed by atoms with Crippen molar-refractivity contribution in [3.05, 3.63) is 24.5 Å². The van der Waals surface area contributed by atoms with E-state index in [1.807, 2.05) is 36.7 Å². The molecule has 2 heterocycles. The Hall–Kier alpha value is -2.31. The van der Waals surface area contributed by atoms with Gasteiger partial charge in [-0.25, -0.2) is 9.97 Å². The van der Waals surface area contributed by atoms with Crippen molar-refractivity contribution in [1.82, 2.24) is 19.5 Å². The van der Waals surface area contributed by atoms with Gasteiger partial charge in [0, 0.05) is 26.5 Å². The summed E-state index contributed by atoms with van der Waals surface area (Å²) in [6.07, 6.45) is 6.04. The van der Waals surface area contributed by atoms with Gasteiger partial charge in [0.05, 0.1) is 13.2 Å². The zero-order valence-corrected chi connectivity index (χ0v) is 12.1. The van der Waals surface area contributed by atoms with E-state index in [0.717, 1.165) is 12.2 Å². The average Bonchev–Trinajstić information content (AvgIpc) is 2.83. The smallest absolute Gasteiger partial charge is 0.242 e. The summed E-state index contributed by atoms with van der Waals surface area (Å²) in [5, 5.41) is 0. The van der Waals surface area contributed by atoms with Crippen LogP contribution in [0.2, 0.25) is 0 Å². The van der Waals surface area contributed by atoms with Crippen LogP contribution in [-0.2, 0) is 13.6 Å². The molecule has 2 rings (SSSR count). The van der Waals surface area contributed by atoms with Gasteiger partial charge in [-0.15, -0.1) is 0 Å². The first-order chi connectivity index (χ1) is 9.63. The molecule has 0 saturated heterocycles. The Balaban J connectivity index is 2.17. The van der Waals surface area contributed by atoms with Gasteiger partial charge in [-0.1, -0.05) is 6.92 Å². The van der Waals surface area contributed by atoms with Crippen molar-refractivity contribution < 1.29 is 4.74 Å². The molecule has 0 aromatic carbocycles. The van der Waals surface area contributed by atoms with Crippen LogP contribution in [0.1, 0.15) is 19.2 Å². The summed E-state index contributed by atoms with van der Waals surface area (Å²) >= 11 is 0. The second kappa shape index (κ2) is 6.23. The van der Waals surface area contributed by atoms with E-state index in [1.54, 1.807) is 6.20 Å². The molecular formula is C13H20N6O. The Bertz CT molecular complexity index is 568. The fourth-order valence-corrected chi connectivity index (χ4v) is 1.82. The van der Waals surface area contributed by atoms with Crippen molar-refractivity contribution >= 4 is 11.5 Å². The fraction of sp³-hybridized carbons (Fsp3) is 0.462. The lowest BCUT2D eigenvalue weighted by Gasteiger charge is -2.20. The Morgan fingerprint density at radius 3 is 2.80 bits per heavy atom. The first kappa shape index (κ1) is 14.1. The highest BCUT2D eigenvalue weighted by Gasteiger charge is 2.14. The molecule has 0 bridgehead atoms. The van der Waals surface area contributed by atoms with Gasteiger partial charge in [0.2, 0.25) is 5.88 Å². The Morgan fingerprint density at radius 1 is 1.35 bits per heavy atom. The highest BCUT2D eigenvalue weighted by molar-refractivity contribution is 5.67. The first-order valence-electron chi connectivity index (χ1n) is 6.54. The molecule has 0 aliphatic rings. The number of ether oxygens (including phenoxy) is 1. The molecule has 0 radical (unpaired) electrons. The second-order valence-electron chi connectivity index (χ2n) is 4.58. The number of nitrogens with two attached hydrogens (primary N) is 1. The predicted molar refractivity (Wildman–Crippen MR) is 77.5 cm³/mol. The van der Waals surface area contributed by atoms with Crippen molar-refractivity contribution in [2.75, 3.05) is 24.3 Å². The standard InChI is InChI=1S/C13H20N6O/c1-4-7-20-13-11(14)12(16-9-17-13)19(3)8-10-15-5-6-18(10)2/h5-6,9H,4,7-8,14H2,1-3H3. The Labute approximate surface area is 118 Å². The van der Waals surface area contributed by atoms with Gasteiger partial charge in [0.15, 0.2) is 5.82 Å². The zero-order valence-electron chi connectivity index (χ0n) is 12.1. The maximum Gasteiger partial charge on any atom is 0.242 e. The van der Waals surface area contributed by atoms with Crippen molar-refractivity contribution in [2.45, 2.75) is 19.9 Å². The summed E-state index contributed by atoms with van der Waals surface area (Å²) in [5.41, 5.74) is 6.53. The first-order valence-corrected chi connectivity index (χ1v) is 6.54. The van der Waals surface area contributed by atoms with E-state index in [0.29, 0.717) is 30.5 Å². The Kier molecular flexibility index (Phi) is 4.39. The van der Waals surface area contributed by atoms with Crippen molar-refractivity contribution in [2.24, 2.45) is 7.05 Å². The maximum absolute atomic E-state index is 6.07. The number of rotatable bonds is 6. The molecule has 7 heteroatoms. The van der Waals surface area contributed by atoms with Crippen LogP contribution in [0.3, 0.4) is 0 Å². The van der Waals surface area contributed by atoms with Gasteiger partial charge in [-0.2, -0.15) is 4.98 Å². The summed E-state index contributed by atoms with van der Waals surface area (Å²) in [6, 6.07) is 0. The second-order valence-corrected chi connectivity index (χ2v) is 4.58. The summed E-state index contributed by atoms with van der Waals surface area (Å²) < 4.78 is 7.47. The normalized spacial score (nSPS) is 10.6. The molecule has 0 saturated carbocycles. The predicted octanol–water partition coefficient (Wildman–Crippen LogP) is 1.22. The molecule has 2 aromatic heterocycles. The zero-order chi connectivity index (χ0) is 14.5. The van der Waals surface area contributed by atoms with Crippen LogP contribution in [0.25, 0.3) is 0 Å². The van der Waals surface area contributed by atoms with E-state index in [2.05, 4.69) is 15.0 Å². The van der Waals surface area contributed by atoms with Crippen LogP contribution in [0, 0.1) is 0 Å². The van der Waals surface area contributed by atoms with Crippen molar-refractivity contribution in [3.8, 4) is 5.88 Å². The number of hydrogen-bond donors (Lipinski definition) is 1. The third-order valence-electron chi connectivity index (χ3n) is 2.93. The van der Waals surface area contributed by atoms with E-state index < -0.39 is 0 Å². The van der Waals surface area contributed by atoms with E-state index in [4.69, 9.17) is 10.5 Å². The number of hydrogen-bond acceptors (Lipinski definition) is 6. The minimum absolute atomic E-state index is 0.434. The van der Waals surface area contributed by atoms with Gasteiger partial charge in [-0.3, -0.25) is 0 Å². The van der Waals surface area contributed by atoms with E-state index in [-0.39, 0.29) is 0 Å². The van der Waals surface area contributed by atoms with Gasteiger partial charge >= 0.3 is 0 Å². The lowest BCUT2D eigenvalue weighted by Crippen LogP contribution is -2.22. The third-order valence-corrected chi connectivity index (χ3v) is 2.93. The van der Waals surface area contributed by atoms with Gasteiger partial charge in [0.25, 0.3) is 0 Å². The monoisotopic (exact) mass is 276 g/mol. The molecule has 0 unspecified atom stereocenters. The lowest BCUT2D eigenvalue weighted by molar-refractivity contribution is 0.306. The number of nitrogen functional groups attached to an aromatic ring is 1.